The molecule has 3 aliphatic heterocycles. The van der Waals surface area contributed by atoms with E-state index in [9.17, 15) is 14.4 Å². The summed E-state index contributed by atoms with van der Waals surface area (Å²) in [4.78, 5) is 53.6. The molecule has 5 aromatic rings. The number of pyridine rings is 1. The van der Waals surface area contributed by atoms with E-state index in [1.54, 1.807) is 21.7 Å². The van der Waals surface area contributed by atoms with Gasteiger partial charge in [-0.05, 0) is 86.6 Å². The number of anilines is 1. The van der Waals surface area contributed by atoms with Gasteiger partial charge in [0.1, 0.15) is 5.69 Å². The van der Waals surface area contributed by atoms with Crippen LogP contribution < -0.4 is 15.9 Å². The first-order valence-electron chi connectivity index (χ1n) is 17.3. The Morgan fingerprint density at radius 3 is 2.37 bits per heavy atom. The minimum Gasteiger partial charge on any atom is -0.370 e. The monoisotopic (exact) mass is 745 g/mol. The predicted octanol–water partition coefficient (Wildman–Crippen LogP) is 5.50. The molecular formula is C40H40BrN7O3. The summed E-state index contributed by atoms with van der Waals surface area (Å²) in [7, 11) is 2.16. The van der Waals surface area contributed by atoms with E-state index >= 15 is 0 Å². The van der Waals surface area contributed by atoms with E-state index in [1.165, 1.54) is 4.57 Å². The van der Waals surface area contributed by atoms with E-state index in [2.05, 4.69) is 43.1 Å². The third kappa shape index (κ3) is 5.98. The van der Waals surface area contributed by atoms with Gasteiger partial charge in [0.2, 0.25) is 0 Å². The van der Waals surface area contributed by atoms with Crippen LogP contribution in [0, 0.1) is 12.3 Å². The lowest BCUT2D eigenvalue weighted by molar-refractivity contribution is -0.00238. The number of hydrogen-bond donors (Lipinski definition) is 1. The zero-order valence-corrected chi connectivity index (χ0v) is 30.6. The van der Waals surface area contributed by atoms with Gasteiger partial charge in [0.05, 0.1) is 23.6 Å². The number of nitrogens with one attached hydrogen (secondary N) is 1. The van der Waals surface area contributed by atoms with Gasteiger partial charge in [-0.1, -0.05) is 46.3 Å². The molecule has 5 heterocycles. The molecule has 3 aliphatic rings. The molecule has 0 radical (unpaired) electrons. The highest BCUT2D eigenvalue weighted by molar-refractivity contribution is 9.10. The Morgan fingerprint density at radius 1 is 0.941 bits per heavy atom. The standard InChI is InChI=1S/C40H40BrN7O3/c1-26-18-28(11-16-33(26)41)38(50)46-21-35-36(37(49)43-19-29-8-4-5-9-32(29)34-10-6-7-17-42-34)48(39(51)47(35)20-27(46)2)31-14-12-30(13-15-31)45-24-40(25-45)22-44(3)23-40/h4-18,27H,19-25H2,1-3H3,(H,43,49)/t27-/m1/s1. The number of carbonyl (C=O) groups excluding carboxylic acids is 2. The maximum Gasteiger partial charge on any atom is 0.333 e. The van der Waals surface area contributed by atoms with Crippen molar-refractivity contribution in [2.75, 3.05) is 38.1 Å². The number of amides is 2. The van der Waals surface area contributed by atoms with Crippen molar-refractivity contribution in [3.05, 3.63) is 134 Å². The first kappa shape index (κ1) is 33.2. The smallest absolute Gasteiger partial charge is 0.333 e. The fraction of sp³-hybridized carbons (Fsp3) is 0.300. The molecule has 2 fully saturated rings. The highest BCUT2D eigenvalue weighted by Gasteiger charge is 2.50. The zero-order chi connectivity index (χ0) is 35.4. The molecule has 0 saturated carbocycles. The Balaban J connectivity index is 1.14. The number of carbonyl (C=O) groups is 2. The zero-order valence-electron chi connectivity index (χ0n) is 29.0. The Labute approximate surface area is 305 Å². The number of aryl methyl sites for hydroxylation is 1. The van der Waals surface area contributed by atoms with E-state index in [0.29, 0.717) is 22.4 Å². The number of nitrogens with zero attached hydrogens (tertiary/aromatic N) is 6. The maximum atomic E-state index is 14.4. The Morgan fingerprint density at radius 2 is 1.67 bits per heavy atom. The molecule has 0 unspecified atom stereocenters. The topological polar surface area (TPSA) is 95.7 Å². The molecule has 2 amide bonds. The second-order valence-corrected chi connectivity index (χ2v) is 15.2. The molecule has 2 saturated heterocycles. The van der Waals surface area contributed by atoms with E-state index in [-0.39, 0.29) is 48.9 Å². The van der Waals surface area contributed by atoms with Gasteiger partial charge in [-0.25, -0.2) is 4.79 Å². The van der Waals surface area contributed by atoms with E-state index in [0.717, 1.165) is 58.7 Å². The van der Waals surface area contributed by atoms with Gasteiger partial charge in [0.25, 0.3) is 11.8 Å². The second kappa shape index (κ2) is 13.0. The average molecular weight is 747 g/mol. The molecular weight excluding hydrogens is 706 g/mol. The number of aromatic nitrogens is 3. The minimum absolute atomic E-state index is 0.118. The molecule has 10 nitrogen and oxygen atoms in total. The Kier molecular flexibility index (Phi) is 8.42. The van der Waals surface area contributed by atoms with Crippen LogP contribution >= 0.6 is 15.9 Å². The molecule has 8 rings (SSSR count). The van der Waals surface area contributed by atoms with E-state index < -0.39 is 0 Å². The van der Waals surface area contributed by atoms with Crippen molar-refractivity contribution < 1.29 is 9.59 Å². The summed E-state index contributed by atoms with van der Waals surface area (Å²) in [6.07, 6.45) is 1.75. The number of imidazole rings is 1. The van der Waals surface area contributed by atoms with Gasteiger partial charge in [0, 0.05) is 78.2 Å². The van der Waals surface area contributed by atoms with E-state index in [4.69, 9.17) is 0 Å². The maximum absolute atomic E-state index is 14.4. The van der Waals surface area contributed by atoms with Gasteiger partial charge < -0.3 is 20.0 Å². The van der Waals surface area contributed by atoms with Gasteiger partial charge in [-0.15, -0.1) is 0 Å². The lowest BCUT2D eigenvalue weighted by Gasteiger charge is -2.60. The molecule has 0 bridgehead atoms. The molecule has 1 spiro atoms. The molecule has 11 heteroatoms. The predicted molar refractivity (Wildman–Crippen MR) is 201 cm³/mol. The first-order chi connectivity index (χ1) is 24.6. The van der Waals surface area contributed by atoms with Crippen LogP contribution in [0.25, 0.3) is 16.9 Å². The molecule has 1 atom stereocenters. The summed E-state index contributed by atoms with van der Waals surface area (Å²) in [5, 5.41) is 3.11. The van der Waals surface area contributed by atoms with Crippen molar-refractivity contribution in [2.45, 2.75) is 39.5 Å². The van der Waals surface area contributed by atoms with Gasteiger partial charge in [-0.2, -0.15) is 0 Å². The van der Waals surface area contributed by atoms with Gasteiger partial charge >= 0.3 is 5.69 Å². The van der Waals surface area contributed by atoms with E-state index in [1.807, 2.05) is 92.7 Å². The molecule has 3 aromatic carbocycles. The van der Waals surface area contributed by atoms with Gasteiger partial charge in [-0.3, -0.25) is 23.7 Å². The van der Waals surface area contributed by atoms with Crippen LogP contribution in [0.5, 0.6) is 0 Å². The highest BCUT2D eigenvalue weighted by atomic mass is 79.9. The normalized spacial score (nSPS) is 17.8. The lowest BCUT2D eigenvalue weighted by Crippen LogP contribution is -2.71. The average Bonchev–Trinajstić information content (AvgIpc) is 3.40. The number of rotatable bonds is 7. The molecule has 2 aromatic heterocycles. The van der Waals surface area contributed by atoms with Gasteiger partial charge in [0.15, 0.2) is 0 Å². The van der Waals surface area contributed by atoms with Crippen molar-refractivity contribution >= 4 is 33.4 Å². The van der Waals surface area contributed by atoms with Crippen molar-refractivity contribution in [3.8, 4) is 16.9 Å². The fourth-order valence-corrected chi connectivity index (χ4v) is 8.31. The molecule has 1 N–H and O–H groups in total. The summed E-state index contributed by atoms with van der Waals surface area (Å²) in [6, 6.07) is 26.8. The van der Waals surface area contributed by atoms with Crippen LogP contribution in [-0.2, 0) is 19.6 Å². The summed E-state index contributed by atoms with van der Waals surface area (Å²) >= 11 is 3.53. The summed E-state index contributed by atoms with van der Waals surface area (Å²) in [5.74, 6) is -0.532. The molecule has 260 valence electrons. The van der Waals surface area contributed by atoms with Crippen LogP contribution in [0.1, 0.15) is 44.6 Å². The largest absolute Gasteiger partial charge is 0.370 e. The fourth-order valence-electron chi connectivity index (χ4n) is 8.07. The number of likely N-dealkylation sites (tertiary alicyclic amines) is 1. The third-order valence-electron chi connectivity index (χ3n) is 10.6. The van der Waals surface area contributed by atoms with Crippen molar-refractivity contribution in [1.29, 1.82) is 0 Å². The minimum atomic E-state index is -0.388. The third-order valence-corrected chi connectivity index (χ3v) is 11.4. The molecule has 51 heavy (non-hydrogen) atoms. The number of fused-ring (bicyclic) bond motifs is 1. The van der Waals surface area contributed by atoms with Crippen molar-refractivity contribution in [1.82, 2.24) is 29.2 Å². The summed E-state index contributed by atoms with van der Waals surface area (Å²) < 4.78 is 4.11. The lowest BCUT2D eigenvalue weighted by atomic mass is 9.73. The Hall–Kier alpha value is -5.00. The summed E-state index contributed by atoms with van der Waals surface area (Å²) in [6.45, 7) is 8.79. The number of benzene rings is 3. The highest BCUT2D eigenvalue weighted by Crippen LogP contribution is 2.41. The SMILES string of the molecule is Cc1cc(C(=O)N2Cc3c(C(=O)NCc4ccccc4-c4ccccn4)n(-c4ccc(N5CC6(CN(C)C6)C5)cc4)c(=O)n3C[C@H]2C)ccc1Br. The van der Waals surface area contributed by atoms with Crippen molar-refractivity contribution in [3.63, 3.8) is 0 Å². The second-order valence-electron chi connectivity index (χ2n) is 14.4. The first-order valence-corrected chi connectivity index (χ1v) is 18.1. The van der Waals surface area contributed by atoms with Crippen LogP contribution in [0.15, 0.2) is 100 Å². The van der Waals surface area contributed by atoms with Crippen molar-refractivity contribution in [2.24, 2.45) is 5.41 Å². The number of halogens is 1. The van der Waals surface area contributed by atoms with Crippen LogP contribution in [0.3, 0.4) is 0 Å². The number of hydrogen-bond acceptors (Lipinski definition) is 6. The summed E-state index contributed by atoms with van der Waals surface area (Å²) in [5.41, 5.74) is 6.70. The Bertz CT molecular complexity index is 2200. The van der Waals surface area contributed by atoms with Crippen LogP contribution in [-0.4, -0.2) is 75.0 Å². The molecule has 0 aliphatic carbocycles. The quantitative estimate of drug-likeness (QED) is 0.237. The van der Waals surface area contributed by atoms with Crippen LogP contribution in [0.2, 0.25) is 0 Å². The van der Waals surface area contributed by atoms with Crippen LogP contribution in [0.4, 0.5) is 5.69 Å².